The zero-order valence-corrected chi connectivity index (χ0v) is 75.1. The van der Waals surface area contributed by atoms with Crippen molar-refractivity contribution in [3.05, 3.63) is 0 Å². The second-order valence-corrected chi connectivity index (χ2v) is 36.9. The van der Waals surface area contributed by atoms with E-state index in [9.17, 15) is 43.2 Å². The third-order valence-electron chi connectivity index (χ3n) is 21.7. The van der Waals surface area contributed by atoms with Gasteiger partial charge in [0.25, 0.3) is 0 Å². The summed E-state index contributed by atoms with van der Waals surface area (Å²) >= 11 is 0. The van der Waals surface area contributed by atoms with Crippen molar-refractivity contribution in [3.8, 4) is 0 Å². The summed E-state index contributed by atoms with van der Waals surface area (Å²) in [6.07, 6.45) is 77.9. The molecule has 19 heteroatoms. The van der Waals surface area contributed by atoms with Gasteiger partial charge >= 0.3 is 39.5 Å². The van der Waals surface area contributed by atoms with Crippen LogP contribution in [0, 0.1) is 11.8 Å². The van der Waals surface area contributed by atoms with Crippen LogP contribution in [0.4, 0.5) is 0 Å². The van der Waals surface area contributed by atoms with E-state index in [1.807, 2.05) is 0 Å². The van der Waals surface area contributed by atoms with Gasteiger partial charge in [-0.3, -0.25) is 37.3 Å². The molecule has 0 fully saturated rings. The summed E-state index contributed by atoms with van der Waals surface area (Å²) in [6, 6.07) is 0. The minimum atomic E-state index is -4.97. The molecule has 0 aromatic rings. The van der Waals surface area contributed by atoms with Crippen LogP contribution in [0.2, 0.25) is 0 Å². The average molecular weight is 1620 g/mol. The topological polar surface area (TPSA) is 237 Å². The van der Waals surface area contributed by atoms with E-state index in [0.29, 0.717) is 25.7 Å². The highest BCUT2D eigenvalue weighted by atomic mass is 31.2. The second-order valence-electron chi connectivity index (χ2n) is 34.0. The number of hydrogen-bond acceptors (Lipinski definition) is 15. The number of rotatable bonds is 91. The van der Waals surface area contributed by atoms with Gasteiger partial charge in [-0.25, -0.2) is 9.13 Å². The largest absolute Gasteiger partial charge is 0.472 e. The molecule has 0 aromatic carbocycles. The number of carbonyl (C=O) groups excluding carboxylic acids is 4. The standard InChI is InChI=1S/C92H180O17P2/c1-7-9-11-13-15-17-19-21-23-25-27-32-36-40-44-50-56-62-68-74-89(94)102-80-87(108-91(96)76-71-65-59-52-46-42-38-34-30-29-31-35-39-43-48-54-60-66-72-84(3)4)82-106-110(98,99)104-78-86(93)79-105-111(100,101)107-83-88(81-103-90(95)75-69-63-57-53-47-49-55-61-67-73-85(5)6)109-92(97)77-70-64-58-51-45-41-37-33-28-26-24-22-20-18-16-14-12-10-8-2/h84-88,93H,7-83H2,1-6H3,(H,98,99)(H,100,101)/t86-,87-,88-/m1/s1. The van der Waals surface area contributed by atoms with Crippen molar-refractivity contribution in [3.63, 3.8) is 0 Å². The summed E-state index contributed by atoms with van der Waals surface area (Å²) < 4.78 is 69.1. The Balaban J connectivity index is 5.25. The van der Waals surface area contributed by atoms with Crippen molar-refractivity contribution in [1.82, 2.24) is 0 Å². The molecule has 0 aliphatic heterocycles. The van der Waals surface area contributed by atoms with E-state index in [1.54, 1.807) is 0 Å². The molecular weight excluding hydrogens is 1440 g/mol. The average Bonchev–Trinajstić information content (AvgIpc) is 0.882. The first kappa shape index (κ1) is 109. The predicted molar refractivity (Wildman–Crippen MR) is 460 cm³/mol. The fourth-order valence-corrected chi connectivity index (χ4v) is 16.1. The lowest BCUT2D eigenvalue weighted by atomic mass is 10.0. The Labute approximate surface area is 683 Å². The number of unbranched alkanes of at least 4 members (excludes halogenated alkanes) is 61. The first-order valence-corrected chi connectivity index (χ1v) is 50.5. The number of phosphoric ester groups is 2. The van der Waals surface area contributed by atoms with Crippen LogP contribution in [0.25, 0.3) is 0 Å². The van der Waals surface area contributed by atoms with Crippen LogP contribution in [0.15, 0.2) is 0 Å². The molecule has 660 valence electrons. The Morgan fingerprint density at radius 2 is 0.414 bits per heavy atom. The van der Waals surface area contributed by atoms with Crippen molar-refractivity contribution >= 4 is 39.5 Å². The van der Waals surface area contributed by atoms with Gasteiger partial charge in [0.15, 0.2) is 12.2 Å². The zero-order valence-electron chi connectivity index (χ0n) is 73.3. The van der Waals surface area contributed by atoms with Crippen LogP contribution < -0.4 is 0 Å². The monoisotopic (exact) mass is 1620 g/mol. The van der Waals surface area contributed by atoms with Crippen LogP contribution in [0.1, 0.15) is 497 Å². The molecule has 0 spiro atoms. The molecule has 0 aromatic heterocycles. The maximum Gasteiger partial charge on any atom is 0.472 e. The lowest BCUT2D eigenvalue weighted by Crippen LogP contribution is -2.30. The molecule has 5 atom stereocenters. The summed E-state index contributed by atoms with van der Waals surface area (Å²) in [5.74, 6) is -0.530. The quantitative estimate of drug-likeness (QED) is 0.0222. The third kappa shape index (κ3) is 85.8. The number of aliphatic hydroxyl groups excluding tert-OH is 1. The molecule has 0 saturated carbocycles. The highest BCUT2D eigenvalue weighted by Crippen LogP contribution is 2.45. The molecule has 0 aliphatic carbocycles. The third-order valence-corrected chi connectivity index (χ3v) is 23.6. The van der Waals surface area contributed by atoms with E-state index < -0.39 is 97.5 Å². The summed E-state index contributed by atoms with van der Waals surface area (Å²) in [5, 5.41) is 10.7. The van der Waals surface area contributed by atoms with Crippen LogP contribution >= 0.6 is 15.6 Å². The van der Waals surface area contributed by atoms with Gasteiger partial charge in [-0.1, -0.05) is 446 Å². The minimum absolute atomic E-state index is 0.109. The lowest BCUT2D eigenvalue weighted by Gasteiger charge is -2.21. The zero-order chi connectivity index (χ0) is 81.3. The summed E-state index contributed by atoms with van der Waals surface area (Å²) in [7, 11) is -9.94. The molecule has 3 N–H and O–H groups in total. The Hall–Kier alpha value is -1.94. The van der Waals surface area contributed by atoms with Gasteiger partial charge in [-0.15, -0.1) is 0 Å². The number of phosphoric acid groups is 2. The Bertz CT molecular complexity index is 2120. The van der Waals surface area contributed by atoms with E-state index in [0.717, 1.165) is 102 Å². The van der Waals surface area contributed by atoms with Gasteiger partial charge < -0.3 is 33.8 Å². The van der Waals surface area contributed by atoms with Crippen molar-refractivity contribution in [2.24, 2.45) is 11.8 Å². The SMILES string of the molecule is CCCCCCCCCCCCCCCCCCCCCC(=O)OC[C@H](COP(=O)(O)OC[C@@H](O)COP(=O)(O)OC[C@@H](COC(=O)CCCCCCCCCCCC(C)C)OC(=O)CCCCCCCCCCCCCCCCCCCCC)OC(=O)CCCCCCCCCCCCCCCCCCCCC(C)C. The first-order chi connectivity index (χ1) is 53.9. The maximum atomic E-state index is 13.2. The molecule has 0 bridgehead atoms. The number of aliphatic hydroxyl groups is 1. The number of hydrogen-bond donors (Lipinski definition) is 3. The minimum Gasteiger partial charge on any atom is -0.462 e. The molecule has 2 unspecified atom stereocenters. The van der Waals surface area contributed by atoms with Crippen molar-refractivity contribution in [2.75, 3.05) is 39.6 Å². The number of carbonyl (C=O) groups is 4. The fourth-order valence-electron chi connectivity index (χ4n) is 14.5. The lowest BCUT2D eigenvalue weighted by molar-refractivity contribution is -0.161. The van der Waals surface area contributed by atoms with Crippen LogP contribution in [0.5, 0.6) is 0 Å². The molecule has 0 saturated heterocycles. The summed E-state index contributed by atoms with van der Waals surface area (Å²) in [6.45, 7) is 9.73. The summed E-state index contributed by atoms with van der Waals surface area (Å²) in [4.78, 5) is 73.5. The highest BCUT2D eigenvalue weighted by molar-refractivity contribution is 7.47. The van der Waals surface area contributed by atoms with E-state index in [-0.39, 0.29) is 25.7 Å². The Morgan fingerprint density at radius 1 is 0.243 bits per heavy atom. The molecule has 0 heterocycles. The van der Waals surface area contributed by atoms with Gasteiger partial charge in [0.05, 0.1) is 26.4 Å². The smallest absolute Gasteiger partial charge is 0.462 e. The van der Waals surface area contributed by atoms with Crippen LogP contribution in [0.3, 0.4) is 0 Å². The predicted octanol–water partition coefficient (Wildman–Crippen LogP) is 28.6. The van der Waals surface area contributed by atoms with Gasteiger partial charge in [-0.2, -0.15) is 0 Å². The van der Waals surface area contributed by atoms with Gasteiger partial charge in [0.2, 0.25) is 0 Å². The molecule has 17 nitrogen and oxygen atoms in total. The van der Waals surface area contributed by atoms with E-state index in [2.05, 4.69) is 41.5 Å². The van der Waals surface area contributed by atoms with Crippen molar-refractivity contribution in [2.45, 2.75) is 516 Å². The fraction of sp³-hybridized carbons (Fsp3) is 0.957. The first-order valence-electron chi connectivity index (χ1n) is 47.5. The summed E-state index contributed by atoms with van der Waals surface area (Å²) in [5.41, 5.74) is 0. The number of ether oxygens (including phenoxy) is 4. The molecule has 0 aliphatic rings. The Kier molecular flexibility index (Phi) is 81.7. The molecule has 0 radical (unpaired) electrons. The highest BCUT2D eigenvalue weighted by Gasteiger charge is 2.31. The normalized spacial score (nSPS) is 13.7. The Morgan fingerprint density at radius 3 is 0.613 bits per heavy atom. The van der Waals surface area contributed by atoms with Crippen molar-refractivity contribution < 1.29 is 80.2 Å². The molecule has 0 amide bonds. The van der Waals surface area contributed by atoms with Crippen molar-refractivity contribution in [1.29, 1.82) is 0 Å². The second kappa shape index (κ2) is 83.1. The van der Waals surface area contributed by atoms with Crippen LogP contribution in [-0.2, 0) is 65.4 Å². The number of esters is 4. The van der Waals surface area contributed by atoms with Gasteiger partial charge in [0.1, 0.15) is 19.3 Å². The van der Waals surface area contributed by atoms with E-state index >= 15 is 0 Å². The maximum absolute atomic E-state index is 13.2. The van der Waals surface area contributed by atoms with Gasteiger partial charge in [-0.05, 0) is 37.5 Å². The van der Waals surface area contributed by atoms with E-state index in [1.165, 1.54) is 315 Å². The molecule has 111 heavy (non-hydrogen) atoms. The van der Waals surface area contributed by atoms with E-state index in [4.69, 9.17) is 37.0 Å². The van der Waals surface area contributed by atoms with Gasteiger partial charge in [0, 0.05) is 25.7 Å². The van der Waals surface area contributed by atoms with Crippen LogP contribution in [-0.4, -0.2) is 96.7 Å². The molecule has 0 rings (SSSR count). The molecular formula is C92H180O17P2.